The van der Waals surface area contributed by atoms with Gasteiger partial charge in [0.05, 0.1) is 18.4 Å². The van der Waals surface area contributed by atoms with E-state index in [-0.39, 0.29) is 0 Å². The molecule has 0 bridgehead atoms. The number of rotatable bonds is 5. The Bertz CT molecular complexity index is 739. The Morgan fingerprint density at radius 2 is 2.14 bits per heavy atom. The van der Waals surface area contributed by atoms with E-state index in [0.717, 1.165) is 40.7 Å². The van der Waals surface area contributed by atoms with Crippen LogP contribution < -0.4 is 5.32 Å². The van der Waals surface area contributed by atoms with E-state index in [9.17, 15) is 0 Å². The first-order chi connectivity index (χ1) is 10.2. The minimum absolute atomic E-state index is 0.712. The summed E-state index contributed by atoms with van der Waals surface area (Å²) in [4.78, 5) is 10.4. The van der Waals surface area contributed by atoms with Gasteiger partial charge in [0.1, 0.15) is 10.8 Å². The van der Waals surface area contributed by atoms with Gasteiger partial charge in [-0.25, -0.2) is 9.97 Å². The first-order valence-corrected chi connectivity index (χ1v) is 7.99. The molecule has 0 aromatic carbocycles. The fourth-order valence-electron chi connectivity index (χ4n) is 2.26. The van der Waals surface area contributed by atoms with Crippen molar-refractivity contribution in [3.8, 4) is 0 Å². The Balaban J connectivity index is 1.86. The molecule has 3 aromatic rings. The summed E-state index contributed by atoms with van der Waals surface area (Å²) in [7, 11) is 0. The van der Waals surface area contributed by atoms with E-state index in [1.54, 1.807) is 17.5 Å². The van der Waals surface area contributed by atoms with E-state index in [1.807, 2.05) is 17.5 Å². The zero-order valence-corrected chi connectivity index (χ0v) is 13.4. The fraction of sp³-hybridized carbons (Fsp3) is 0.400. The molecule has 110 valence electrons. The van der Waals surface area contributed by atoms with Crippen LogP contribution in [0, 0.1) is 13.8 Å². The second-order valence-electron chi connectivity index (χ2n) is 5.09. The third-order valence-corrected chi connectivity index (χ3v) is 4.48. The SMILES string of the molecule is CCCc1cc(NCc2nc(C)c(C)s2)n2nccc2n1. The van der Waals surface area contributed by atoms with E-state index in [4.69, 9.17) is 0 Å². The highest BCUT2D eigenvalue weighted by atomic mass is 32.1. The van der Waals surface area contributed by atoms with Crippen molar-refractivity contribution in [1.82, 2.24) is 19.6 Å². The van der Waals surface area contributed by atoms with Crippen molar-refractivity contribution < 1.29 is 0 Å². The van der Waals surface area contributed by atoms with Crippen LogP contribution in [0.3, 0.4) is 0 Å². The highest BCUT2D eigenvalue weighted by molar-refractivity contribution is 7.11. The topological polar surface area (TPSA) is 55.1 Å². The Labute approximate surface area is 128 Å². The van der Waals surface area contributed by atoms with Crippen LogP contribution >= 0.6 is 11.3 Å². The summed E-state index contributed by atoms with van der Waals surface area (Å²) in [6.45, 7) is 7.03. The van der Waals surface area contributed by atoms with Gasteiger partial charge in [-0.2, -0.15) is 9.61 Å². The monoisotopic (exact) mass is 301 g/mol. The van der Waals surface area contributed by atoms with Gasteiger partial charge < -0.3 is 5.32 Å². The maximum absolute atomic E-state index is 4.61. The van der Waals surface area contributed by atoms with Gasteiger partial charge in [0.25, 0.3) is 0 Å². The molecule has 0 radical (unpaired) electrons. The first-order valence-electron chi connectivity index (χ1n) is 7.18. The van der Waals surface area contributed by atoms with Crippen LogP contribution in [0.2, 0.25) is 0 Å². The molecule has 3 aromatic heterocycles. The van der Waals surface area contributed by atoms with Crippen LogP contribution in [0.4, 0.5) is 5.82 Å². The van der Waals surface area contributed by atoms with Gasteiger partial charge in [0.2, 0.25) is 0 Å². The summed E-state index contributed by atoms with van der Waals surface area (Å²) in [5, 5.41) is 8.86. The number of nitrogens with one attached hydrogen (secondary N) is 1. The van der Waals surface area contributed by atoms with E-state index < -0.39 is 0 Å². The summed E-state index contributed by atoms with van der Waals surface area (Å²) in [5.41, 5.74) is 3.09. The summed E-state index contributed by atoms with van der Waals surface area (Å²) >= 11 is 1.74. The Kier molecular flexibility index (Phi) is 3.88. The van der Waals surface area contributed by atoms with Crippen LogP contribution in [0.15, 0.2) is 18.3 Å². The zero-order chi connectivity index (χ0) is 14.8. The highest BCUT2D eigenvalue weighted by Crippen LogP contribution is 2.19. The maximum Gasteiger partial charge on any atom is 0.157 e. The quantitative estimate of drug-likeness (QED) is 0.785. The number of thiazole rings is 1. The highest BCUT2D eigenvalue weighted by Gasteiger charge is 2.08. The second-order valence-corrected chi connectivity index (χ2v) is 6.37. The van der Waals surface area contributed by atoms with Gasteiger partial charge in [-0.3, -0.25) is 0 Å². The molecule has 0 amide bonds. The molecule has 5 nitrogen and oxygen atoms in total. The van der Waals surface area contributed by atoms with Gasteiger partial charge in [-0.05, 0) is 20.3 Å². The fourth-order valence-corrected chi connectivity index (χ4v) is 3.13. The van der Waals surface area contributed by atoms with Gasteiger partial charge in [-0.15, -0.1) is 11.3 Å². The number of hydrogen-bond acceptors (Lipinski definition) is 5. The molecule has 0 saturated heterocycles. The van der Waals surface area contributed by atoms with Crippen molar-refractivity contribution in [2.45, 2.75) is 40.2 Å². The van der Waals surface area contributed by atoms with Gasteiger partial charge in [0.15, 0.2) is 5.65 Å². The molecular weight excluding hydrogens is 282 g/mol. The maximum atomic E-state index is 4.61. The third-order valence-electron chi connectivity index (χ3n) is 3.41. The lowest BCUT2D eigenvalue weighted by Gasteiger charge is -2.09. The van der Waals surface area contributed by atoms with E-state index in [1.165, 1.54) is 4.88 Å². The van der Waals surface area contributed by atoms with Crippen molar-refractivity contribution in [2.75, 3.05) is 5.32 Å². The number of aryl methyl sites for hydroxylation is 3. The second kappa shape index (κ2) is 5.81. The first kappa shape index (κ1) is 14.0. The van der Waals surface area contributed by atoms with Crippen molar-refractivity contribution >= 4 is 22.8 Å². The molecular formula is C15H19N5S. The lowest BCUT2D eigenvalue weighted by Crippen LogP contribution is -2.07. The molecule has 3 heterocycles. The van der Waals surface area contributed by atoms with E-state index in [2.05, 4.69) is 40.3 Å². The Morgan fingerprint density at radius 1 is 1.29 bits per heavy atom. The average molecular weight is 301 g/mol. The smallest absolute Gasteiger partial charge is 0.157 e. The van der Waals surface area contributed by atoms with Crippen LogP contribution in [-0.2, 0) is 13.0 Å². The lowest BCUT2D eigenvalue weighted by molar-refractivity contribution is 0.855. The number of anilines is 1. The largest absolute Gasteiger partial charge is 0.363 e. The molecule has 0 aliphatic carbocycles. The standard InChI is InChI=1S/C15H19N5S/c1-4-5-12-8-14(20-13(19-12)6-7-17-20)16-9-15-18-10(2)11(3)21-15/h6-8,16H,4-5,9H2,1-3H3. The molecule has 0 aliphatic heterocycles. The molecule has 0 atom stereocenters. The van der Waals surface area contributed by atoms with Gasteiger partial charge in [0, 0.05) is 22.7 Å². The van der Waals surface area contributed by atoms with Crippen molar-refractivity contribution in [3.63, 3.8) is 0 Å². The number of aromatic nitrogens is 4. The lowest BCUT2D eigenvalue weighted by atomic mass is 10.2. The molecule has 0 spiro atoms. The Morgan fingerprint density at radius 3 is 2.86 bits per heavy atom. The van der Waals surface area contributed by atoms with Gasteiger partial charge in [-0.1, -0.05) is 13.3 Å². The normalized spacial score (nSPS) is 11.2. The Hall–Kier alpha value is -1.95. The number of nitrogens with zero attached hydrogens (tertiary/aromatic N) is 4. The molecule has 0 unspecified atom stereocenters. The number of hydrogen-bond donors (Lipinski definition) is 1. The summed E-state index contributed by atoms with van der Waals surface area (Å²) < 4.78 is 1.84. The number of fused-ring (bicyclic) bond motifs is 1. The van der Waals surface area contributed by atoms with Gasteiger partial charge >= 0.3 is 0 Å². The summed E-state index contributed by atoms with van der Waals surface area (Å²) in [6, 6.07) is 4.01. The zero-order valence-electron chi connectivity index (χ0n) is 12.6. The summed E-state index contributed by atoms with van der Waals surface area (Å²) in [6.07, 6.45) is 3.84. The molecule has 0 fully saturated rings. The van der Waals surface area contributed by atoms with Crippen LogP contribution in [0.5, 0.6) is 0 Å². The third kappa shape index (κ3) is 2.90. The predicted octanol–water partition coefficient (Wildman–Crippen LogP) is 3.37. The minimum Gasteiger partial charge on any atom is -0.363 e. The predicted molar refractivity (Wildman–Crippen MR) is 85.9 cm³/mol. The van der Waals surface area contributed by atoms with Crippen LogP contribution in [0.1, 0.15) is 34.6 Å². The van der Waals surface area contributed by atoms with E-state index >= 15 is 0 Å². The molecule has 21 heavy (non-hydrogen) atoms. The molecule has 0 saturated carbocycles. The van der Waals surface area contributed by atoms with Crippen LogP contribution in [0.25, 0.3) is 5.65 Å². The minimum atomic E-state index is 0.712. The average Bonchev–Trinajstić information content (AvgIpc) is 3.04. The molecule has 1 N–H and O–H groups in total. The van der Waals surface area contributed by atoms with Crippen molar-refractivity contribution in [3.05, 3.63) is 39.6 Å². The van der Waals surface area contributed by atoms with Crippen molar-refractivity contribution in [1.29, 1.82) is 0 Å². The molecule has 6 heteroatoms. The summed E-state index contributed by atoms with van der Waals surface area (Å²) in [5.74, 6) is 0.971. The molecule has 0 aliphatic rings. The van der Waals surface area contributed by atoms with Crippen LogP contribution in [-0.4, -0.2) is 19.6 Å². The van der Waals surface area contributed by atoms with E-state index in [0.29, 0.717) is 6.54 Å². The van der Waals surface area contributed by atoms with Crippen molar-refractivity contribution in [2.24, 2.45) is 0 Å². The molecule has 3 rings (SSSR count).